The molecule has 0 aromatic rings. The van der Waals surface area contributed by atoms with Crippen LogP contribution in [0.15, 0.2) is 0 Å². The molecule has 2 unspecified atom stereocenters. The van der Waals surface area contributed by atoms with E-state index in [-0.39, 0.29) is 24.5 Å². The number of likely N-dealkylation sites (N-methyl/N-ethyl adjacent to an activating group) is 2. The Kier molecular flexibility index (Phi) is 6.43. The van der Waals surface area contributed by atoms with E-state index >= 15 is 0 Å². The van der Waals surface area contributed by atoms with Crippen LogP contribution in [0.2, 0.25) is 0 Å². The number of amides is 1. The zero-order chi connectivity index (χ0) is 12.7. The molecule has 1 amide bonds. The Morgan fingerprint density at radius 3 is 2.94 bits per heavy atom. The van der Waals surface area contributed by atoms with Crippen molar-refractivity contribution in [3.8, 4) is 0 Å². The van der Waals surface area contributed by atoms with E-state index in [1.54, 1.807) is 11.9 Å². The molecule has 0 aromatic carbocycles. The molecular weight excluding hydrogens is 224 g/mol. The summed E-state index contributed by atoms with van der Waals surface area (Å²) in [6, 6.07) is 0.100. The Balaban J connectivity index is 2.30. The van der Waals surface area contributed by atoms with Crippen LogP contribution in [0.25, 0.3) is 0 Å². The van der Waals surface area contributed by atoms with Gasteiger partial charge in [0.05, 0.1) is 39.0 Å². The van der Waals surface area contributed by atoms with Gasteiger partial charge in [-0.15, -0.1) is 0 Å². The Labute approximate surface area is 102 Å². The maximum absolute atomic E-state index is 12.1. The molecule has 2 N–H and O–H groups in total. The van der Waals surface area contributed by atoms with Gasteiger partial charge in [-0.2, -0.15) is 0 Å². The molecule has 0 saturated carbocycles. The molecule has 6 nitrogen and oxygen atoms in total. The van der Waals surface area contributed by atoms with Gasteiger partial charge in [-0.3, -0.25) is 4.79 Å². The number of aliphatic hydroxyl groups excluding tert-OH is 1. The summed E-state index contributed by atoms with van der Waals surface area (Å²) in [5.74, 6) is -0.0303. The van der Waals surface area contributed by atoms with Crippen LogP contribution in [0.4, 0.5) is 0 Å². The average molecular weight is 246 g/mol. The van der Waals surface area contributed by atoms with Gasteiger partial charge in [0.25, 0.3) is 0 Å². The zero-order valence-corrected chi connectivity index (χ0v) is 10.5. The van der Waals surface area contributed by atoms with Crippen LogP contribution in [0.3, 0.4) is 0 Å². The van der Waals surface area contributed by atoms with E-state index in [0.717, 1.165) is 0 Å². The molecule has 1 saturated heterocycles. The summed E-state index contributed by atoms with van der Waals surface area (Å²) in [5, 5.41) is 11.6. The second kappa shape index (κ2) is 7.60. The van der Waals surface area contributed by atoms with Crippen LogP contribution in [0.1, 0.15) is 0 Å². The summed E-state index contributed by atoms with van der Waals surface area (Å²) < 4.78 is 10.4. The van der Waals surface area contributed by atoms with Crippen LogP contribution in [-0.4, -0.2) is 75.6 Å². The fraction of sp³-hybridized carbons (Fsp3) is 0.909. The highest BCUT2D eigenvalue weighted by Crippen LogP contribution is 2.15. The van der Waals surface area contributed by atoms with E-state index in [2.05, 4.69) is 5.32 Å². The lowest BCUT2D eigenvalue weighted by Crippen LogP contribution is -2.44. The summed E-state index contributed by atoms with van der Waals surface area (Å²) >= 11 is 0. The number of rotatable bonds is 7. The smallest absolute Gasteiger partial charge is 0.229 e. The van der Waals surface area contributed by atoms with Crippen molar-refractivity contribution in [1.29, 1.82) is 0 Å². The second-order valence-corrected chi connectivity index (χ2v) is 4.13. The van der Waals surface area contributed by atoms with Gasteiger partial charge in [0.15, 0.2) is 0 Å². The molecule has 1 rings (SSSR count). The Morgan fingerprint density at radius 1 is 1.53 bits per heavy atom. The first-order chi connectivity index (χ1) is 8.20. The minimum absolute atomic E-state index is 0.00988. The Bertz CT molecular complexity index is 238. The van der Waals surface area contributed by atoms with Crippen LogP contribution < -0.4 is 5.32 Å². The number of carbonyl (C=O) groups excluding carboxylic acids is 1. The van der Waals surface area contributed by atoms with Crippen molar-refractivity contribution in [2.45, 2.75) is 6.04 Å². The lowest BCUT2D eigenvalue weighted by molar-refractivity contribution is -0.135. The number of ether oxygens (including phenoxy) is 2. The molecule has 1 heterocycles. The SMILES string of the molecule is CNC1COCC1C(=O)N(C)CCOCCO. The first kappa shape index (κ1) is 14.4. The molecule has 6 heteroatoms. The van der Waals surface area contributed by atoms with Crippen molar-refractivity contribution in [1.82, 2.24) is 10.2 Å². The highest BCUT2D eigenvalue weighted by molar-refractivity contribution is 5.79. The maximum Gasteiger partial charge on any atom is 0.229 e. The van der Waals surface area contributed by atoms with Crippen LogP contribution in [0.5, 0.6) is 0 Å². The van der Waals surface area contributed by atoms with E-state index in [9.17, 15) is 4.79 Å². The molecule has 17 heavy (non-hydrogen) atoms. The molecule has 0 bridgehead atoms. The van der Waals surface area contributed by atoms with Crippen molar-refractivity contribution >= 4 is 5.91 Å². The van der Waals surface area contributed by atoms with Crippen LogP contribution in [-0.2, 0) is 14.3 Å². The fourth-order valence-electron chi connectivity index (χ4n) is 1.84. The van der Waals surface area contributed by atoms with Gasteiger partial charge >= 0.3 is 0 Å². The van der Waals surface area contributed by atoms with Crippen LogP contribution >= 0.6 is 0 Å². The van der Waals surface area contributed by atoms with E-state index in [4.69, 9.17) is 14.6 Å². The van der Waals surface area contributed by atoms with E-state index < -0.39 is 0 Å². The third-order valence-electron chi connectivity index (χ3n) is 2.95. The van der Waals surface area contributed by atoms with Gasteiger partial charge in [0.1, 0.15) is 0 Å². The van der Waals surface area contributed by atoms with E-state index in [0.29, 0.717) is 33.0 Å². The monoisotopic (exact) mass is 246 g/mol. The minimum Gasteiger partial charge on any atom is -0.394 e. The summed E-state index contributed by atoms with van der Waals surface area (Å²) in [6.07, 6.45) is 0. The number of nitrogens with zero attached hydrogens (tertiary/aromatic N) is 1. The summed E-state index contributed by atoms with van der Waals surface area (Å²) in [5.41, 5.74) is 0. The molecule has 0 aromatic heterocycles. The number of hydrogen-bond acceptors (Lipinski definition) is 5. The molecule has 0 radical (unpaired) electrons. The van der Waals surface area contributed by atoms with Crippen molar-refractivity contribution in [3.05, 3.63) is 0 Å². The molecule has 0 spiro atoms. The summed E-state index contributed by atoms with van der Waals surface area (Å²) in [7, 11) is 3.60. The Hall–Kier alpha value is -0.690. The predicted molar refractivity (Wildman–Crippen MR) is 62.7 cm³/mol. The van der Waals surface area contributed by atoms with Gasteiger partial charge < -0.3 is 24.8 Å². The third-order valence-corrected chi connectivity index (χ3v) is 2.95. The van der Waals surface area contributed by atoms with Crippen molar-refractivity contribution in [2.24, 2.45) is 5.92 Å². The highest BCUT2D eigenvalue weighted by atomic mass is 16.5. The maximum atomic E-state index is 12.1. The highest BCUT2D eigenvalue weighted by Gasteiger charge is 2.34. The van der Waals surface area contributed by atoms with Crippen molar-refractivity contribution in [3.63, 3.8) is 0 Å². The van der Waals surface area contributed by atoms with Crippen molar-refractivity contribution < 1.29 is 19.4 Å². The average Bonchev–Trinajstić information content (AvgIpc) is 2.81. The minimum atomic E-state index is -0.108. The third kappa shape index (κ3) is 4.23. The van der Waals surface area contributed by atoms with E-state index in [1.807, 2.05) is 7.05 Å². The first-order valence-electron chi connectivity index (χ1n) is 5.89. The quantitative estimate of drug-likeness (QED) is 0.546. The lowest BCUT2D eigenvalue weighted by atomic mass is 10.0. The van der Waals surface area contributed by atoms with E-state index in [1.165, 1.54) is 0 Å². The number of hydrogen-bond donors (Lipinski definition) is 2. The lowest BCUT2D eigenvalue weighted by Gasteiger charge is -2.23. The zero-order valence-electron chi connectivity index (χ0n) is 10.5. The predicted octanol–water partition coefficient (Wildman–Crippen LogP) is -1.31. The molecular formula is C11H22N2O4. The van der Waals surface area contributed by atoms with Gasteiger partial charge in [-0.25, -0.2) is 0 Å². The van der Waals surface area contributed by atoms with Crippen molar-refractivity contribution in [2.75, 3.05) is 53.7 Å². The summed E-state index contributed by atoms with van der Waals surface area (Å²) in [6.45, 7) is 2.37. The van der Waals surface area contributed by atoms with Gasteiger partial charge in [-0.05, 0) is 7.05 Å². The largest absolute Gasteiger partial charge is 0.394 e. The second-order valence-electron chi connectivity index (χ2n) is 4.13. The van der Waals surface area contributed by atoms with Gasteiger partial charge in [0.2, 0.25) is 5.91 Å². The Morgan fingerprint density at radius 2 is 2.29 bits per heavy atom. The fourth-order valence-corrected chi connectivity index (χ4v) is 1.84. The topological polar surface area (TPSA) is 71.0 Å². The number of aliphatic hydroxyl groups is 1. The molecule has 1 fully saturated rings. The normalized spacial score (nSPS) is 23.9. The molecule has 0 aliphatic carbocycles. The standard InChI is InChI=1S/C11H22N2O4/c1-12-10-8-17-7-9(10)11(15)13(2)3-5-16-6-4-14/h9-10,12,14H,3-8H2,1-2H3. The number of nitrogens with one attached hydrogen (secondary N) is 1. The molecule has 1 aliphatic rings. The summed E-state index contributed by atoms with van der Waals surface area (Å²) in [4.78, 5) is 13.7. The van der Waals surface area contributed by atoms with Gasteiger partial charge in [0, 0.05) is 19.6 Å². The molecule has 1 aliphatic heterocycles. The van der Waals surface area contributed by atoms with Crippen LogP contribution in [0, 0.1) is 5.92 Å². The van der Waals surface area contributed by atoms with Gasteiger partial charge in [-0.1, -0.05) is 0 Å². The molecule has 2 atom stereocenters. The first-order valence-corrected chi connectivity index (χ1v) is 5.89. The molecule has 100 valence electrons. The number of carbonyl (C=O) groups is 1.